The first-order valence-corrected chi connectivity index (χ1v) is 7.40. The Bertz CT molecular complexity index is 901. The van der Waals surface area contributed by atoms with Crippen LogP contribution >= 0.6 is 12.2 Å². The quantitative estimate of drug-likeness (QED) is 0.656. The summed E-state index contributed by atoms with van der Waals surface area (Å²) >= 11 is 5.37. The van der Waals surface area contributed by atoms with Crippen LogP contribution in [-0.4, -0.2) is 4.98 Å². The number of nitrogens with zero attached hydrogens (tertiary/aromatic N) is 1. The Hall–Kier alpha value is -2.70. The molecule has 22 heavy (non-hydrogen) atoms. The van der Waals surface area contributed by atoms with E-state index in [0.29, 0.717) is 10.2 Å². The number of rotatable bonds is 2. The Kier molecular flexibility index (Phi) is 3.86. The number of aryl methyl sites for hydroxylation is 1. The predicted molar refractivity (Wildman–Crippen MR) is 92.0 cm³/mol. The zero-order valence-electron chi connectivity index (χ0n) is 12.1. The van der Waals surface area contributed by atoms with Gasteiger partial charge in [0.05, 0.1) is 5.56 Å². The van der Waals surface area contributed by atoms with E-state index in [4.69, 9.17) is 12.2 Å². The molecule has 0 fully saturated rings. The molecule has 1 aromatic heterocycles. The molecule has 0 atom stereocenters. The molecule has 3 rings (SSSR count). The van der Waals surface area contributed by atoms with Crippen LogP contribution in [0.3, 0.4) is 0 Å². The third kappa shape index (κ3) is 2.69. The second-order valence-electron chi connectivity index (χ2n) is 5.14. The van der Waals surface area contributed by atoms with Crippen LogP contribution in [0, 0.1) is 22.9 Å². The number of pyridine rings is 1. The van der Waals surface area contributed by atoms with Crippen molar-refractivity contribution in [2.24, 2.45) is 0 Å². The average molecular weight is 302 g/mol. The highest BCUT2D eigenvalue weighted by molar-refractivity contribution is 7.71. The van der Waals surface area contributed by atoms with Crippen LogP contribution in [0.25, 0.3) is 22.4 Å². The van der Waals surface area contributed by atoms with Crippen molar-refractivity contribution < 1.29 is 0 Å². The van der Waals surface area contributed by atoms with Crippen molar-refractivity contribution in [3.8, 4) is 28.5 Å². The van der Waals surface area contributed by atoms with E-state index in [1.54, 1.807) is 0 Å². The largest absolute Gasteiger partial charge is 0.345 e. The highest BCUT2D eigenvalue weighted by Gasteiger charge is 2.10. The predicted octanol–water partition coefficient (Wildman–Crippen LogP) is 5.26. The number of aromatic nitrogens is 1. The van der Waals surface area contributed by atoms with Crippen molar-refractivity contribution >= 4 is 12.2 Å². The van der Waals surface area contributed by atoms with Gasteiger partial charge in [-0.05, 0) is 24.1 Å². The van der Waals surface area contributed by atoms with Gasteiger partial charge in [-0.15, -0.1) is 0 Å². The Labute approximate surface area is 134 Å². The molecule has 0 aliphatic rings. The van der Waals surface area contributed by atoms with Crippen molar-refractivity contribution in [1.29, 1.82) is 5.26 Å². The second-order valence-corrected chi connectivity index (χ2v) is 5.55. The molecule has 0 radical (unpaired) electrons. The molecule has 2 aromatic carbocycles. The van der Waals surface area contributed by atoms with Crippen LogP contribution in [-0.2, 0) is 0 Å². The van der Waals surface area contributed by atoms with E-state index in [2.05, 4.69) is 42.2 Å². The van der Waals surface area contributed by atoms with E-state index in [1.807, 2.05) is 36.4 Å². The molecule has 1 N–H and O–H groups in total. The van der Waals surface area contributed by atoms with Crippen molar-refractivity contribution in [2.75, 3.05) is 0 Å². The molecule has 0 bridgehead atoms. The fourth-order valence-electron chi connectivity index (χ4n) is 2.40. The van der Waals surface area contributed by atoms with Gasteiger partial charge in [0.2, 0.25) is 0 Å². The Morgan fingerprint density at radius 2 is 1.64 bits per heavy atom. The minimum absolute atomic E-state index is 0.472. The second kappa shape index (κ2) is 5.97. The van der Waals surface area contributed by atoms with Gasteiger partial charge in [0, 0.05) is 11.3 Å². The van der Waals surface area contributed by atoms with Gasteiger partial charge in [-0.1, -0.05) is 72.4 Å². The fourth-order valence-corrected chi connectivity index (χ4v) is 2.67. The third-order valence-corrected chi connectivity index (χ3v) is 3.90. The molecular weight excluding hydrogens is 288 g/mol. The lowest BCUT2D eigenvalue weighted by Crippen LogP contribution is -1.93. The summed E-state index contributed by atoms with van der Waals surface area (Å²) in [6.45, 7) is 2.06. The van der Waals surface area contributed by atoms with Crippen LogP contribution in [0.4, 0.5) is 0 Å². The summed E-state index contributed by atoms with van der Waals surface area (Å²) in [4.78, 5) is 3.17. The first kappa shape index (κ1) is 14.2. The summed E-state index contributed by atoms with van der Waals surface area (Å²) in [5, 5.41) is 9.42. The van der Waals surface area contributed by atoms with Gasteiger partial charge in [-0.3, -0.25) is 0 Å². The molecule has 0 aliphatic heterocycles. The first-order valence-electron chi connectivity index (χ1n) is 6.99. The minimum atomic E-state index is 0.472. The summed E-state index contributed by atoms with van der Waals surface area (Å²) in [6, 6.07) is 22.3. The third-order valence-electron chi connectivity index (χ3n) is 3.59. The molecule has 0 spiro atoms. The number of benzene rings is 2. The van der Waals surface area contributed by atoms with Crippen LogP contribution < -0.4 is 0 Å². The smallest absolute Gasteiger partial charge is 0.122 e. The Morgan fingerprint density at radius 1 is 0.955 bits per heavy atom. The number of nitrogens with one attached hydrogen (secondary N) is 1. The molecule has 1 heterocycles. The molecule has 3 aromatic rings. The number of nitriles is 1. The molecule has 106 valence electrons. The summed E-state index contributed by atoms with van der Waals surface area (Å²) < 4.78 is 0.472. The number of hydrogen-bond donors (Lipinski definition) is 1. The van der Waals surface area contributed by atoms with Gasteiger partial charge in [0.15, 0.2) is 0 Å². The van der Waals surface area contributed by atoms with E-state index in [1.165, 1.54) is 5.56 Å². The van der Waals surface area contributed by atoms with Crippen LogP contribution in [0.1, 0.15) is 11.1 Å². The number of hydrogen-bond acceptors (Lipinski definition) is 2. The first-order chi connectivity index (χ1) is 10.7. The maximum absolute atomic E-state index is 9.42. The van der Waals surface area contributed by atoms with Crippen LogP contribution in [0.15, 0.2) is 60.7 Å². The standard InChI is InChI=1S/C19H14N2S/c1-13-7-9-15(10-8-13)18-11-16(14-5-3-2-4-6-14)17(12-20)19(22)21-18/h2-11H,1H3,(H,21,22). The minimum Gasteiger partial charge on any atom is -0.345 e. The lowest BCUT2D eigenvalue weighted by Gasteiger charge is -2.09. The molecule has 3 heteroatoms. The molecule has 0 saturated heterocycles. The molecule has 0 amide bonds. The molecule has 2 nitrogen and oxygen atoms in total. The highest BCUT2D eigenvalue weighted by Crippen LogP contribution is 2.28. The SMILES string of the molecule is Cc1ccc(-c2cc(-c3ccccc3)c(C#N)c(=S)[nH]2)cc1. The zero-order chi connectivity index (χ0) is 15.5. The van der Waals surface area contributed by atoms with Crippen LogP contribution in [0.2, 0.25) is 0 Å². The van der Waals surface area contributed by atoms with Crippen molar-refractivity contribution in [1.82, 2.24) is 4.98 Å². The summed E-state index contributed by atoms with van der Waals surface area (Å²) in [6.07, 6.45) is 0. The maximum Gasteiger partial charge on any atom is 0.122 e. The summed E-state index contributed by atoms with van der Waals surface area (Å²) in [7, 11) is 0. The van der Waals surface area contributed by atoms with Crippen molar-refractivity contribution in [3.63, 3.8) is 0 Å². The van der Waals surface area contributed by atoms with Gasteiger partial charge >= 0.3 is 0 Å². The topological polar surface area (TPSA) is 39.6 Å². The van der Waals surface area contributed by atoms with Gasteiger partial charge < -0.3 is 4.98 Å². The lowest BCUT2D eigenvalue weighted by molar-refractivity contribution is 1.27. The van der Waals surface area contributed by atoms with Gasteiger partial charge in [0.1, 0.15) is 10.7 Å². The monoisotopic (exact) mass is 302 g/mol. The number of aromatic amines is 1. The zero-order valence-corrected chi connectivity index (χ0v) is 12.9. The summed E-state index contributed by atoms with van der Waals surface area (Å²) in [5.74, 6) is 0. The van der Waals surface area contributed by atoms with E-state index in [9.17, 15) is 5.26 Å². The van der Waals surface area contributed by atoms with E-state index in [-0.39, 0.29) is 0 Å². The van der Waals surface area contributed by atoms with E-state index in [0.717, 1.165) is 22.4 Å². The van der Waals surface area contributed by atoms with E-state index < -0.39 is 0 Å². The van der Waals surface area contributed by atoms with Gasteiger partial charge in [-0.25, -0.2) is 0 Å². The molecule has 0 unspecified atom stereocenters. The Morgan fingerprint density at radius 3 is 2.27 bits per heavy atom. The maximum atomic E-state index is 9.42. The van der Waals surface area contributed by atoms with Gasteiger partial charge in [-0.2, -0.15) is 5.26 Å². The molecule has 0 saturated carbocycles. The van der Waals surface area contributed by atoms with Crippen molar-refractivity contribution in [2.45, 2.75) is 6.92 Å². The average Bonchev–Trinajstić information content (AvgIpc) is 2.55. The fraction of sp³-hybridized carbons (Fsp3) is 0.0526. The highest BCUT2D eigenvalue weighted by atomic mass is 32.1. The van der Waals surface area contributed by atoms with Gasteiger partial charge in [0.25, 0.3) is 0 Å². The Balaban J connectivity index is 2.24. The lowest BCUT2D eigenvalue weighted by atomic mass is 9.99. The normalized spacial score (nSPS) is 10.2. The van der Waals surface area contributed by atoms with Crippen LogP contribution in [0.5, 0.6) is 0 Å². The molecular formula is C19H14N2S. The molecule has 0 aliphatic carbocycles. The van der Waals surface area contributed by atoms with Crippen molar-refractivity contribution in [3.05, 3.63) is 76.4 Å². The van der Waals surface area contributed by atoms with E-state index >= 15 is 0 Å². The summed E-state index contributed by atoms with van der Waals surface area (Å²) in [5.41, 5.74) is 5.55. The number of H-pyrrole nitrogens is 1.